The van der Waals surface area contributed by atoms with Gasteiger partial charge in [-0.2, -0.15) is 0 Å². The van der Waals surface area contributed by atoms with Crippen molar-refractivity contribution in [2.45, 2.75) is 24.7 Å². The average Bonchev–Trinajstić information content (AvgIpc) is 3.02. The molecule has 1 aliphatic rings. The Labute approximate surface area is 137 Å². The molecule has 0 saturated carbocycles. The maximum atomic E-state index is 12.4. The van der Waals surface area contributed by atoms with Crippen LogP contribution < -0.4 is 4.74 Å². The van der Waals surface area contributed by atoms with Crippen LogP contribution in [-0.2, 0) is 20.3 Å². The van der Waals surface area contributed by atoms with Gasteiger partial charge in [0.15, 0.2) is 9.84 Å². The Morgan fingerprint density at radius 3 is 2.52 bits per heavy atom. The first-order chi connectivity index (χ1) is 11.1. The fraction of sp³-hybridized carbons (Fsp3) is 0.333. The van der Waals surface area contributed by atoms with Crippen LogP contribution in [0.5, 0.6) is 11.5 Å². The van der Waals surface area contributed by atoms with Gasteiger partial charge in [-0.3, -0.25) is 0 Å². The molecule has 1 heterocycles. The second-order valence-corrected chi connectivity index (χ2v) is 7.82. The van der Waals surface area contributed by atoms with Crippen molar-refractivity contribution in [3.63, 3.8) is 0 Å². The Morgan fingerprint density at radius 2 is 1.78 bits per heavy atom. The predicted molar refractivity (Wildman–Crippen MR) is 89.4 cm³/mol. The van der Waals surface area contributed by atoms with Crippen LogP contribution in [-0.4, -0.2) is 26.9 Å². The van der Waals surface area contributed by atoms with E-state index in [9.17, 15) is 8.42 Å². The summed E-state index contributed by atoms with van der Waals surface area (Å²) in [6, 6.07) is 16.6. The zero-order valence-corrected chi connectivity index (χ0v) is 13.7. The summed E-state index contributed by atoms with van der Waals surface area (Å²) in [5.41, 5.74) is 0.675. The van der Waals surface area contributed by atoms with Crippen LogP contribution in [0.1, 0.15) is 18.4 Å². The highest BCUT2D eigenvalue weighted by molar-refractivity contribution is 7.90. The molecule has 23 heavy (non-hydrogen) atoms. The minimum atomic E-state index is -3.24. The van der Waals surface area contributed by atoms with E-state index < -0.39 is 9.84 Å². The molecule has 2 aromatic carbocycles. The molecule has 5 heteroatoms. The van der Waals surface area contributed by atoms with Crippen molar-refractivity contribution >= 4 is 9.84 Å². The van der Waals surface area contributed by atoms with Crippen LogP contribution in [0.3, 0.4) is 0 Å². The Morgan fingerprint density at radius 1 is 1.04 bits per heavy atom. The van der Waals surface area contributed by atoms with Crippen LogP contribution in [0, 0.1) is 0 Å². The van der Waals surface area contributed by atoms with E-state index in [1.54, 1.807) is 12.1 Å². The van der Waals surface area contributed by atoms with Crippen molar-refractivity contribution < 1.29 is 17.9 Å². The first-order valence-corrected chi connectivity index (χ1v) is 9.57. The van der Waals surface area contributed by atoms with E-state index in [-0.39, 0.29) is 17.6 Å². The van der Waals surface area contributed by atoms with Crippen LogP contribution in [0.25, 0.3) is 0 Å². The number of hydrogen-bond donors (Lipinski definition) is 0. The largest absolute Gasteiger partial charge is 0.457 e. The van der Waals surface area contributed by atoms with Gasteiger partial charge < -0.3 is 9.47 Å². The third-order valence-corrected chi connectivity index (χ3v) is 5.41. The van der Waals surface area contributed by atoms with E-state index in [0.29, 0.717) is 23.7 Å². The van der Waals surface area contributed by atoms with Crippen molar-refractivity contribution in [1.82, 2.24) is 0 Å². The second kappa shape index (κ2) is 7.15. The first-order valence-electron chi connectivity index (χ1n) is 7.75. The van der Waals surface area contributed by atoms with Gasteiger partial charge in [-0.1, -0.05) is 36.4 Å². The van der Waals surface area contributed by atoms with Gasteiger partial charge in [-0.15, -0.1) is 0 Å². The standard InChI is InChI=1S/C18H20O4S/c19-23(20,14-17-10-6-12-21-17)13-15-7-4-5-11-18(15)22-16-8-2-1-3-9-16/h1-5,7-9,11,17H,6,10,12-14H2/t17-/m0/s1. The number of sulfone groups is 1. The van der Waals surface area contributed by atoms with Gasteiger partial charge in [0.1, 0.15) is 11.5 Å². The highest BCUT2D eigenvalue weighted by Gasteiger charge is 2.24. The SMILES string of the molecule is O=S(=O)(Cc1ccccc1Oc1ccccc1)C[C@@H]1CCCO1. The van der Waals surface area contributed by atoms with Crippen molar-refractivity contribution in [1.29, 1.82) is 0 Å². The molecule has 4 nitrogen and oxygen atoms in total. The number of benzene rings is 2. The molecule has 1 fully saturated rings. The summed E-state index contributed by atoms with van der Waals surface area (Å²) in [6.07, 6.45) is 1.59. The summed E-state index contributed by atoms with van der Waals surface area (Å²) >= 11 is 0. The molecule has 0 N–H and O–H groups in total. The van der Waals surface area contributed by atoms with E-state index in [4.69, 9.17) is 9.47 Å². The van der Waals surface area contributed by atoms with Gasteiger partial charge >= 0.3 is 0 Å². The molecule has 0 aromatic heterocycles. The summed E-state index contributed by atoms with van der Waals surface area (Å²) in [5.74, 6) is 1.31. The molecule has 0 bridgehead atoms. The molecular formula is C18H20O4S. The van der Waals surface area contributed by atoms with Gasteiger partial charge in [0.2, 0.25) is 0 Å². The second-order valence-electron chi connectivity index (χ2n) is 5.71. The molecule has 3 rings (SSSR count). The number of hydrogen-bond acceptors (Lipinski definition) is 4. The summed E-state index contributed by atoms with van der Waals surface area (Å²) in [4.78, 5) is 0. The fourth-order valence-electron chi connectivity index (χ4n) is 2.69. The monoisotopic (exact) mass is 332 g/mol. The smallest absolute Gasteiger partial charge is 0.157 e. The van der Waals surface area contributed by atoms with E-state index in [1.807, 2.05) is 42.5 Å². The summed E-state index contributed by atoms with van der Waals surface area (Å²) < 4.78 is 36.1. The first kappa shape index (κ1) is 16.0. The Bertz CT molecular complexity index is 735. The van der Waals surface area contributed by atoms with Crippen molar-refractivity contribution in [2.24, 2.45) is 0 Å². The molecule has 122 valence electrons. The van der Waals surface area contributed by atoms with Crippen LogP contribution in [0.4, 0.5) is 0 Å². The predicted octanol–water partition coefficient (Wildman–Crippen LogP) is 3.57. The molecule has 2 aromatic rings. The Kier molecular flexibility index (Phi) is 4.98. The zero-order valence-electron chi connectivity index (χ0n) is 12.9. The van der Waals surface area contributed by atoms with Gasteiger partial charge in [-0.05, 0) is 31.0 Å². The minimum Gasteiger partial charge on any atom is -0.457 e. The molecule has 0 unspecified atom stereocenters. The fourth-order valence-corrected chi connectivity index (χ4v) is 4.35. The lowest BCUT2D eigenvalue weighted by atomic mass is 10.2. The van der Waals surface area contributed by atoms with Gasteiger partial charge in [0, 0.05) is 12.2 Å². The topological polar surface area (TPSA) is 52.6 Å². The molecule has 0 amide bonds. The van der Waals surface area contributed by atoms with Gasteiger partial charge in [0.05, 0.1) is 17.6 Å². The highest BCUT2D eigenvalue weighted by atomic mass is 32.2. The third-order valence-electron chi connectivity index (χ3n) is 3.78. The summed E-state index contributed by atoms with van der Waals surface area (Å²) in [6.45, 7) is 0.661. The van der Waals surface area contributed by atoms with Crippen molar-refractivity contribution in [2.75, 3.05) is 12.4 Å². The van der Waals surface area contributed by atoms with Gasteiger partial charge in [-0.25, -0.2) is 8.42 Å². The van der Waals surface area contributed by atoms with Crippen molar-refractivity contribution in [3.8, 4) is 11.5 Å². The Hall–Kier alpha value is -1.85. The lowest BCUT2D eigenvalue weighted by Gasteiger charge is -2.13. The Balaban J connectivity index is 1.74. The van der Waals surface area contributed by atoms with E-state index in [0.717, 1.165) is 12.8 Å². The van der Waals surface area contributed by atoms with E-state index in [2.05, 4.69) is 0 Å². The molecule has 0 spiro atoms. The molecule has 1 aliphatic heterocycles. The molecule has 0 aliphatic carbocycles. The minimum absolute atomic E-state index is 0.0319. The molecule has 1 atom stereocenters. The number of rotatable bonds is 6. The van der Waals surface area contributed by atoms with Gasteiger partial charge in [0.25, 0.3) is 0 Å². The van der Waals surface area contributed by atoms with E-state index in [1.165, 1.54) is 0 Å². The quantitative estimate of drug-likeness (QED) is 0.811. The van der Waals surface area contributed by atoms with Crippen LogP contribution in [0.15, 0.2) is 54.6 Å². The third kappa shape index (κ3) is 4.56. The maximum Gasteiger partial charge on any atom is 0.157 e. The lowest BCUT2D eigenvalue weighted by Crippen LogP contribution is -2.21. The lowest BCUT2D eigenvalue weighted by molar-refractivity contribution is 0.127. The van der Waals surface area contributed by atoms with Crippen molar-refractivity contribution in [3.05, 3.63) is 60.2 Å². The number of para-hydroxylation sites is 2. The van der Waals surface area contributed by atoms with Crippen LogP contribution in [0.2, 0.25) is 0 Å². The molecule has 0 radical (unpaired) electrons. The molecule has 1 saturated heterocycles. The van der Waals surface area contributed by atoms with E-state index >= 15 is 0 Å². The summed E-state index contributed by atoms with van der Waals surface area (Å²) in [7, 11) is -3.24. The summed E-state index contributed by atoms with van der Waals surface area (Å²) in [5, 5.41) is 0. The number of ether oxygens (including phenoxy) is 2. The average molecular weight is 332 g/mol. The van der Waals surface area contributed by atoms with Crippen LogP contribution >= 0.6 is 0 Å². The highest BCUT2D eigenvalue weighted by Crippen LogP contribution is 2.27. The molecular weight excluding hydrogens is 312 g/mol. The maximum absolute atomic E-state index is 12.4. The zero-order chi connectivity index (χ0) is 16.1. The normalized spacial score (nSPS) is 18.0.